The van der Waals surface area contributed by atoms with E-state index in [1.807, 2.05) is 43.3 Å². The molecule has 2 fully saturated rings. The van der Waals surface area contributed by atoms with E-state index in [1.165, 1.54) is 0 Å². The first-order chi connectivity index (χ1) is 12.3. The van der Waals surface area contributed by atoms with Crippen LogP contribution < -0.4 is 5.32 Å². The van der Waals surface area contributed by atoms with Crippen LogP contribution >= 0.6 is 11.8 Å². The molecule has 2 aromatic rings. The normalized spacial score (nSPS) is 29.2. The van der Waals surface area contributed by atoms with Gasteiger partial charge in [-0.25, -0.2) is 9.97 Å². The van der Waals surface area contributed by atoms with Crippen LogP contribution in [0.4, 0.5) is 11.5 Å². The number of hydrogen-bond acceptors (Lipinski definition) is 5. The van der Waals surface area contributed by atoms with E-state index < -0.39 is 0 Å². The summed E-state index contributed by atoms with van der Waals surface area (Å²) in [7, 11) is 0. The number of anilines is 2. The Labute approximate surface area is 159 Å². The molecule has 0 spiro atoms. The highest BCUT2D eigenvalue weighted by atomic mass is 32.2. The third-order valence-corrected chi connectivity index (χ3v) is 7.96. The van der Waals surface area contributed by atoms with Gasteiger partial charge in [0.15, 0.2) is 5.16 Å². The highest BCUT2D eigenvalue weighted by Gasteiger charge is 2.66. The molecule has 2 bridgehead atoms. The lowest BCUT2D eigenvalue weighted by atomic mass is 9.71. The number of carbonyl (C=O) groups is 1. The summed E-state index contributed by atoms with van der Waals surface area (Å²) in [6.07, 6.45) is 2.13. The zero-order valence-electron chi connectivity index (χ0n) is 15.7. The predicted octanol–water partition coefficient (Wildman–Crippen LogP) is 5.01. The molecule has 0 unspecified atom stereocenters. The van der Waals surface area contributed by atoms with Crippen LogP contribution in [-0.4, -0.2) is 21.0 Å². The number of thioether (sulfide) groups is 1. The van der Waals surface area contributed by atoms with E-state index in [1.54, 1.807) is 11.8 Å². The van der Waals surface area contributed by atoms with Gasteiger partial charge in [0.05, 0.1) is 5.25 Å². The molecule has 0 amide bonds. The Bertz CT molecular complexity index is 852. The van der Waals surface area contributed by atoms with Crippen LogP contribution in [0, 0.1) is 23.7 Å². The molecule has 136 valence electrons. The number of nitrogens with zero attached hydrogens (tertiary/aromatic N) is 2. The van der Waals surface area contributed by atoms with Gasteiger partial charge in [-0.15, -0.1) is 0 Å². The van der Waals surface area contributed by atoms with Crippen LogP contribution in [0.1, 0.15) is 39.3 Å². The molecule has 5 heteroatoms. The number of nitrogens with one attached hydrogen (secondary N) is 1. The molecule has 0 aliphatic heterocycles. The second-order valence-corrected chi connectivity index (χ2v) is 9.37. The zero-order valence-corrected chi connectivity index (χ0v) is 16.6. The Morgan fingerprint density at radius 3 is 2.54 bits per heavy atom. The smallest absolute Gasteiger partial charge is 0.190 e. The van der Waals surface area contributed by atoms with Gasteiger partial charge in [0.25, 0.3) is 0 Å². The number of aromatic nitrogens is 2. The molecule has 3 atom stereocenters. The third kappa shape index (κ3) is 2.64. The third-order valence-electron chi connectivity index (χ3n) is 6.58. The van der Waals surface area contributed by atoms with Crippen molar-refractivity contribution >= 4 is 29.1 Å². The standard InChI is InChI=1S/C21H25N3OS/c1-13-12-16(23-14-8-6-5-7-9-14)24-19(22-13)26-18-17(25)15-10-11-21(18,4)20(15,2)3/h5-9,12,15,18H,10-11H2,1-4H3,(H,22,23,24)/t15-,18+,21-/m0/s1. The van der Waals surface area contributed by atoms with Crippen LogP contribution in [0.15, 0.2) is 41.6 Å². The Morgan fingerprint density at radius 1 is 1.15 bits per heavy atom. The van der Waals surface area contributed by atoms with Gasteiger partial charge in [-0.05, 0) is 42.7 Å². The van der Waals surface area contributed by atoms with Crippen molar-refractivity contribution in [1.29, 1.82) is 0 Å². The van der Waals surface area contributed by atoms with Crippen molar-refractivity contribution in [2.45, 2.75) is 50.9 Å². The van der Waals surface area contributed by atoms with Crippen molar-refractivity contribution in [3.63, 3.8) is 0 Å². The van der Waals surface area contributed by atoms with Crippen molar-refractivity contribution < 1.29 is 4.79 Å². The maximum atomic E-state index is 13.0. The van der Waals surface area contributed by atoms with Gasteiger partial charge >= 0.3 is 0 Å². The van der Waals surface area contributed by atoms with Gasteiger partial charge in [0.1, 0.15) is 11.6 Å². The number of Topliss-reactive ketones (excluding diaryl/α,β-unsaturated/α-hetero) is 1. The fraction of sp³-hybridized carbons (Fsp3) is 0.476. The Kier molecular flexibility index (Phi) is 4.10. The summed E-state index contributed by atoms with van der Waals surface area (Å²) < 4.78 is 0. The van der Waals surface area contributed by atoms with Crippen molar-refractivity contribution in [3.05, 3.63) is 42.1 Å². The Balaban J connectivity index is 1.60. The van der Waals surface area contributed by atoms with E-state index >= 15 is 0 Å². The molecular weight excluding hydrogens is 342 g/mol. The summed E-state index contributed by atoms with van der Waals surface area (Å²) in [6.45, 7) is 8.75. The minimum Gasteiger partial charge on any atom is -0.340 e. The number of hydrogen-bond donors (Lipinski definition) is 1. The molecule has 1 heterocycles. The fourth-order valence-electron chi connectivity index (χ4n) is 4.61. The molecule has 4 rings (SSSR count). The van der Waals surface area contributed by atoms with Crippen LogP contribution in [0.5, 0.6) is 0 Å². The summed E-state index contributed by atoms with van der Waals surface area (Å²) >= 11 is 1.55. The number of carbonyl (C=O) groups excluding carboxylic acids is 1. The summed E-state index contributed by atoms with van der Waals surface area (Å²) in [5, 5.41) is 3.96. The van der Waals surface area contributed by atoms with Crippen LogP contribution in [0.2, 0.25) is 0 Å². The Hall–Kier alpha value is -1.88. The van der Waals surface area contributed by atoms with Gasteiger partial charge < -0.3 is 5.32 Å². The van der Waals surface area contributed by atoms with Gasteiger partial charge in [0, 0.05) is 23.4 Å². The van der Waals surface area contributed by atoms with Gasteiger partial charge in [-0.1, -0.05) is 50.7 Å². The quantitative estimate of drug-likeness (QED) is 0.770. The minimum atomic E-state index is -0.0531. The highest BCUT2D eigenvalue weighted by Crippen LogP contribution is 2.67. The molecule has 2 aliphatic rings. The van der Waals surface area contributed by atoms with Crippen molar-refractivity contribution in [2.75, 3.05) is 5.32 Å². The number of para-hydroxylation sites is 1. The first-order valence-electron chi connectivity index (χ1n) is 9.19. The van der Waals surface area contributed by atoms with Crippen LogP contribution in [0.25, 0.3) is 0 Å². The zero-order chi connectivity index (χ0) is 18.5. The SMILES string of the molecule is Cc1cc(Nc2ccccc2)nc(S[C@@H]2C(=O)[C@@H]3CC[C@]2(C)C3(C)C)n1. The van der Waals surface area contributed by atoms with Crippen molar-refractivity contribution in [1.82, 2.24) is 9.97 Å². The average Bonchev–Trinajstić information content (AvgIpc) is 2.89. The molecule has 0 radical (unpaired) electrons. The van der Waals surface area contributed by atoms with E-state index in [0.29, 0.717) is 10.9 Å². The maximum Gasteiger partial charge on any atom is 0.190 e. The molecule has 1 aromatic heterocycles. The fourth-order valence-corrected chi connectivity index (χ4v) is 6.13. The molecule has 1 aromatic carbocycles. The van der Waals surface area contributed by atoms with Crippen LogP contribution in [0.3, 0.4) is 0 Å². The number of aryl methyl sites for hydroxylation is 1. The van der Waals surface area contributed by atoms with E-state index in [4.69, 9.17) is 0 Å². The summed E-state index contributed by atoms with van der Waals surface area (Å²) in [5.41, 5.74) is 1.96. The Morgan fingerprint density at radius 2 is 1.88 bits per heavy atom. The maximum absolute atomic E-state index is 13.0. The van der Waals surface area contributed by atoms with E-state index in [2.05, 4.69) is 36.1 Å². The van der Waals surface area contributed by atoms with Gasteiger partial charge in [-0.2, -0.15) is 0 Å². The molecule has 1 N–H and O–H groups in total. The lowest BCUT2D eigenvalue weighted by Crippen LogP contribution is -2.35. The first-order valence-corrected chi connectivity index (χ1v) is 10.1. The van der Waals surface area contributed by atoms with Gasteiger partial charge in [0.2, 0.25) is 0 Å². The highest BCUT2D eigenvalue weighted by molar-refractivity contribution is 8.00. The number of ketones is 1. The van der Waals surface area contributed by atoms with Crippen molar-refractivity contribution in [2.24, 2.45) is 16.7 Å². The minimum absolute atomic E-state index is 0.0134. The first kappa shape index (κ1) is 17.5. The van der Waals surface area contributed by atoms with Crippen LogP contribution in [-0.2, 0) is 4.79 Å². The largest absolute Gasteiger partial charge is 0.340 e. The van der Waals surface area contributed by atoms with E-state index in [-0.39, 0.29) is 22.0 Å². The molecule has 4 nitrogen and oxygen atoms in total. The lowest BCUT2D eigenvalue weighted by molar-refractivity contribution is -0.122. The van der Waals surface area contributed by atoms with Crippen molar-refractivity contribution in [3.8, 4) is 0 Å². The molecular formula is C21H25N3OS. The predicted molar refractivity (Wildman–Crippen MR) is 106 cm³/mol. The summed E-state index contributed by atoms with van der Waals surface area (Å²) in [4.78, 5) is 22.2. The van der Waals surface area contributed by atoms with E-state index in [9.17, 15) is 4.79 Å². The number of fused-ring (bicyclic) bond motifs is 2. The molecule has 0 saturated heterocycles. The monoisotopic (exact) mass is 367 g/mol. The molecule has 2 saturated carbocycles. The second-order valence-electron chi connectivity index (χ2n) is 8.30. The second kappa shape index (κ2) is 6.08. The molecule has 2 aliphatic carbocycles. The van der Waals surface area contributed by atoms with Gasteiger partial charge in [-0.3, -0.25) is 4.79 Å². The number of benzene rings is 1. The molecule has 26 heavy (non-hydrogen) atoms. The topological polar surface area (TPSA) is 54.9 Å². The lowest BCUT2D eigenvalue weighted by Gasteiger charge is -2.37. The average molecular weight is 368 g/mol. The summed E-state index contributed by atoms with van der Waals surface area (Å²) in [6, 6.07) is 11.9. The number of rotatable bonds is 4. The van der Waals surface area contributed by atoms with E-state index in [0.717, 1.165) is 30.0 Å². The summed E-state index contributed by atoms with van der Waals surface area (Å²) in [5.74, 6) is 1.33.